The fourth-order valence-electron chi connectivity index (χ4n) is 1.80. The molecule has 1 aromatic heterocycles. The maximum atomic E-state index is 5.90. The minimum atomic E-state index is 0.296. The molecule has 0 bridgehead atoms. The number of para-hydroxylation sites is 1. The molecule has 0 saturated carbocycles. The van der Waals surface area contributed by atoms with Crippen LogP contribution in [0.3, 0.4) is 0 Å². The Morgan fingerprint density at radius 2 is 2.06 bits per heavy atom. The van der Waals surface area contributed by atoms with Crippen LogP contribution in [0.5, 0.6) is 0 Å². The molecule has 0 spiro atoms. The van der Waals surface area contributed by atoms with E-state index in [1.807, 2.05) is 18.2 Å². The third kappa shape index (κ3) is 2.43. The molecular formula is C14H21N3. The molecule has 2 aromatic rings. The molecule has 0 radical (unpaired) electrons. The van der Waals surface area contributed by atoms with Crippen molar-refractivity contribution in [3.8, 4) is 0 Å². The number of nitrogens with two attached hydrogens (primary N) is 1. The lowest BCUT2D eigenvalue weighted by atomic mass is 9.80. The number of nitrogens with one attached hydrogen (secondary N) is 1. The zero-order chi connectivity index (χ0) is 12.6. The standard InChI is InChI=1S/C14H21N3/c1-9(14(2,3)4)8-12-16-11-7-5-6-10(15)13(11)17-12/h5-7,9H,8,15H2,1-4H3,(H,16,17). The van der Waals surface area contributed by atoms with E-state index >= 15 is 0 Å². The Bertz CT molecular complexity index is 520. The van der Waals surface area contributed by atoms with Crippen molar-refractivity contribution in [2.24, 2.45) is 11.3 Å². The first kappa shape index (κ1) is 12.0. The molecule has 0 fully saturated rings. The summed E-state index contributed by atoms with van der Waals surface area (Å²) in [7, 11) is 0. The van der Waals surface area contributed by atoms with Crippen molar-refractivity contribution in [3.63, 3.8) is 0 Å². The molecular weight excluding hydrogens is 210 g/mol. The van der Waals surface area contributed by atoms with Gasteiger partial charge < -0.3 is 10.7 Å². The highest BCUT2D eigenvalue weighted by Gasteiger charge is 2.21. The van der Waals surface area contributed by atoms with Crippen LogP contribution in [0.25, 0.3) is 11.0 Å². The number of anilines is 1. The van der Waals surface area contributed by atoms with Gasteiger partial charge in [0.2, 0.25) is 0 Å². The maximum Gasteiger partial charge on any atom is 0.111 e. The molecule has 3 N–H and O–H groups in total. The first-order valence-electron chi connectivity index (χ1n) is 6.11. The third-order valence-corrected chi connectivity index (χ3v) is 3.57. The van der Waals surface area contributed by atoms with Crippen molar-refractivity contribution in [3.05, 3.63) is 24.0 Å². The average Bonchev–Trinajstić information content (AvgIpc) is 2.60. The van der Waals surface area contributed by atoms with Gasteiger partial charge in [-0.15, -0.1) is 0 Å². The summed E-state index contributed by atoms with van der Waals surface area (Å²) in [6.07, 6.45) is 0.956. The highest BCUT2D eigenvalue weighted by molar-refractivity contribution is 5.86. The van der Waals surface area contributed by atoms with Crippen molar-refractivity contribution < 1.29 is 0 Å². The quantitative estimate of drug-likeness (QED) is 0.778. The number of nitrogen functional groups attached to an aromatic ring is 1. The van der Waals surface area contributed by atoms with Gasteiger partial charge in [0, 0.05) is 6.42 Å². The normalized spacial score (nSPS) is 14.1. The number of nitrogens with zero attached hydrogens (tertiary/aromatic N) is 1. The molecule has 2 rings (SSSR count). The number of H-pyrrole nitrogens is 1. The van der Waals surface area contributed by atoms with Crippen LogP contribution in [-0.4, -0.2) is 9.97 Å². The van der Waals surface area contributed by atoms with Crippen LogP contribution in [-0.2, 0) is 6.42 Å². The molecule has 1 aromatic carbocycles. The zero-order valence-electron chi connectivity index (χ0n) is 11.0. The van der Waals surface area contributed by atoms with Crippen molar-refractivity contribution in [2.75, 3.05) is 5.73 Å². The topological polar surface area (TPSA) is 54.7 Å². The number of aromatic nitrogens is 2. The van der Waals surface area contributed by atoms with Gasteiger partial charge in [0.05, 0.1) is 11.2 Å². The van der Waals surface area contributed by atoms with Crippen molar-refractivity contribution in [2.45, 2.75) is 34.1 Å². The third-order valence-electron chi connectivity index (χ3n) is 3.57. The summed E-state index contributed by atoms with van der Waals surface area (Å²) in [4.78, 5) is 7.93. The smallest absolute Gasteiger partial charge is 0.111 e. The van der Waals surface area contributed by atoms with Gasteiger partial charge in [-0.05, 0) is 23.5 Å². The summed E-state index contributed by atoms with van der Waals surface area (Å²) < 4.78 is 0. The molecule has 92 valence electrons. The van der Waals surface area contributed by atoms with E-state index < -0.39 is 0 Å². The predicted octanol–water partition coefficient (Wildman–Crippen LogP) is 3.37. The van der Waals surface area contributed by atoms with Gasteiger partial charge in [-0.2, -0.15) is 0 Å². The molecule has 3 nitrogen and oxygen atoms in total. The molecule has 0 saturated heterocycles. The van der Waals surface area contributed by atoms with E-state index in [0.29, 0.717) is 11.3 Å². The predicted molar refractivity (Wildman–Crippen MR) is 72.8 cm³/mol. The Labute approximate surface area is 102 Å². The maximum absolute atomic E-state index is 5.90. The number of aromatic amines is 1. The van der Waals surface area contributed by atoms with E-state index in [9.17, 15) is 0 Å². The Morgan fingerprint density at radius 1 is 1.35 bits per heavy atom. The fraction of sp³-hybridized carbons (Fsp3) is 0.500. The van der Waals surface area contributed by atoms with Crippen LogP contribution < -0.4 is 5.73 Å². The van der Waals surface area contributed by atoms with Crippen LogP contribution in [0.15, 0.2) is 18.2 Å². The summed E-state index contributed by atoms with van der Waals surface area (Å²) in [5.41, 5.74) is 8.86. The monoisotopic (exact) mass is 231 g/mol. The highest BCUT2D eigenvalue weighted by atomic mass is 14.9. The van der Waals surface area contributed by atoms with Gasteiger partial charge >= 0.3 is 0 Å². The lowest BCUT2D eigenvalue weighted by Gasteiger charge is -2.26. The van der Waals surface area contributed by atoms with Gasteiger partial charge in [0.25, 0.3) is 0 Å². The minimum absolute atomic E-state index is 0.296. The Balaban J connectivity index is 2.29. The van der Waals surface area contributed by atoms with E-state index in [0.717, 1.165) is 29.0 Å². The molecule has 0 aliphatic carbocycles. The lowest BCUT2D eigenvalue weighted by molar-refractivity contribution is 0.257. The number of imidazole rings is 1. The van der Waals surface area contributed by atoms with E-state index in [4.69, 9.17) is 5.73 Å². The first-order chi connectivity index (χ1) is 7.88. The number of benzene rings is 1. The number of hydrogen-bond acceptors (Lipinski definition) is 2. The average molecular weight is 231 g/mol. The van der Waals surface area contributed by atoms with Gasteiger partial charge in [0.15, 0.2) is 0 Å². The summed E-state index contributed by atoms with van der Waals surface area (Å²) in [5.74, 6) is 1.60. The molecule has 17 heavy (non-hydrogen) atoms. The van der Waals surface area contributed by atoms with Crippen LogP contribution in [0.1, 0.15) is 33.5 Å². The lowest BCUT2D eigenvalue weighted by Crippen LogP contribution is -2.19. The zero-order valence-corrected chi connectivity index (χ0v) is 11.0. The Hall–Kier alpha value is -1.51. The van der Waals surface area contributed by atoms with E-state index in [1.165, 1.54) is 0 Å². The molecule has 1 heterocycles. The van der Waals surface area contributed by atoms with Crippen LogP contribution in [0.2, 0.25) is 0 Å². The van der Waals surface area contributed by atoms with Gasteiger partial charge in [-0.25, -0.2) is 4.98 Å². The number of fused-ring (bicyclic) bond motifs is 1. The van der Waals surface area contributed by atoms with Gasteiger partial charge in [0.1, 0.15) is 11.3 Å². The second-order valence-corrected chi connectivity index (χ2v) is 5.90. The van der Waals surface area contributed by atoms with Crippen LogP contribution in [0.4, 0.5) is 5.69 Å². The van der Waals surface area contributed by atoms with Crippen molar-refractivity contribution in [1.29, 1.82) is 0 Å². The molecule has 3 heteroatoms. The minimum Gasteiger partial charge on any atom is -0.397 e. The SMILES string of the molecule is CC(Cc1nc2c(N)cccc2[nH]1)C(C)(C)C. The van der Waals surface area contributed by atoms with E-state index in [-0.39, 0.29) is 0 Å². The number of rotatable bonds is 2. The summed E-state index contributed by atoms with van der Waals surface area (Å²) in [6.45, 7) is 9.04. The molecule has 0 aliphatic rings. The first-order valence-corrected chi connectivity index (χ1v) is 6.11. The molecule has 1 atom stereocenters. The van der Waals surface area contributed by atoms with Crippen molar-refractivity contribution >= 4 is 16.7 Å². The van der Waals surface area contributed by atoms with E-state index in [1.54, 1.807) is 0 Å². The van der Waals surface area contributed by atoms with Crippen LogP contribution in [0, 0.1) is 11.3 Å². The second-order valence-electron chi connectivity index (χ2n) is 5.90. The summed E-state index contributed by atoms with van der Waals surface area (Å²) >= 11 is 0. The van der Waals surface area contributed by atoms with Crippen LogP contribution >= 0.6 is 0 Å². The fourth-order valence-corrected chi connectivity index (χ4v) is 1.80. The molecule has 0 amide bonds. The Kier molecular flexibility index (Phi) is 2.86. The van der Waals surface area contributed by atoms with E-state index in [2.05, 4.69) is 37.7 Å². The molecule has 1 unspecified atom stereocenters. The summed E-state index contributed by atoms with van der Waals surface area (Å²) in [5, 5.41) is 0. The van der Waals surface area contributed by atoms with Gasteiger partial charge in [-0.3, -0.25) is 0 Å². The van der Waals surface area contributed by atoms with Crippen molar-refractivity contribution in [1.82, 2.24) is 9.97 Å². The Morgan fingerprint density at radius 3 is 2.65 bits per heavy atom. The largest absolute Gasteiger partial charge is 0.397 e. The second kappa shape index (κ2) is 4.06. The number of hydrogen-bond donors (Lipinski definition) is 2. The highest BCUT2D eigenvalue weighted by Crippen LogP contribution is 2.28. The van der Waals surface area contributed by atoms with Gasteiger partial charge in [-0.1, -0.05) is 33.8 Å². The molecule has 0 aliphatic heterocycles. The summed E-state index contributed by atoms with van der Waals surface area (Å²) in [6, 6.07) is 5.86.